The van der Waals surface area contributed by atoms with Gasteiger partial charge in [0.05, 0.1) is 6.10 Å². The number of ether oxygens (including phenoxy) is 1. The Labute approximate surface area is 131 Å². The summed E-state index contributed by atoms with van der Waals surface area (Å²) in [6, 6.07) is 13.7. The Kier molecular flexibility index (Phi) is 5.92. The van der Waals surface area contributed by atoms with E-state index in [9.17, 15) is 9.50 Å². The van der Waals surface area contributed by atoms with E-state index in [2.05, 4.69) is 0 Å². The zero-order valence-electron chi connectivity index (χ0n) is 13.0. The third-order valence-electron chi connectivity index (χ3n) is 3.41. The van der Waals surface area contributed by atoms with Crippen LogP contribution in [0.1, 0.15) is 23.7 Å². The highest BCUT2D eigenvalue weighted by Crippen LogP contribution is 2.22. The first-order chi connectivity index (χ1) is 10.5. The van der Waals surface area contributed by atoms with E-state index in [1.807, 2.05) is 43.3 Å². The van der Waals surface area contributed by atoms with E-state index in [0.717, 1.165) is 17.7 Å². The SMILES string of the molecule is CN(C)CCC(O)c1cccc(OCc2ccc(F)cc2)c1. The Morgan fingerprint density at radius 1 is 1.14 bits per heavy atom. The van der Waals surface area contributed by atoms with Crippen LogP contribution in [0.2, 0.25) is 0 Å². The van der Waals surface area contributed by atoms with Gasteiger partial charge in [0.25, 0.3) is 0 Å². The molecule has 0 amide bonds. The number of hydrogen-bond donors (Lipinski definition) is 1. The van der Waals surface area contributed by atoms with E-state index in [1.54, 1.807) is 12.1 Å². The predicted molar refractivity (Wildman–Crippen MR) is 85.3 cm³/mol. The van der Waals surface area contributed by atoms with E-state index >= 15 is 0 Å². The summed E-state index contributed by atoms with van der Waals surface area (Å²) in [6.45, 7) is 1.19. The standard InChI is InChI=1S/C18H22FNO2/c1-20(2)11-10-18(21)15-4-3-5-17(12-15)22-13-14-6-8-16(19)9-7-14/h3-9,12,18,21H,10-11,13H2,1-2H3. The Balaban J connectivity index is 1.94. The number of rotatable bonds is 7. The van der Waals surface area contributed by atoms with Gasteiger partial charge in [0.15, 0.2) is 0 Å². The normalized spacial score (nSPS) is 12.4. The van der Waals surface area contributed by atoms with Crippen molar-refractivity contribution >= 4 is 0 Å². The van der Waals surface area contributed by atoms with Crippen LogP contribution in [0.3, 0.4) is 0 Å². The third kappa shape index (κ3) is 5.13. The molecule has 22 heavy (non-hydrogen) atoms. The molecule has 1 unspecified atom stereocenters. The van der Waals surface area contributed by atoms with Crippen LogP contribution in [0.25, 0.3) is 0 Å². The number of aliphatic hydroxyl groups is 1. The minimum absolute atomic E-state index is 0.255. The van der Waals surface area contributed by atoms with Gasteiger partial charge in [0.1, 0.15) is 18.2 Å². The fraction of sp³-hybridized carbons (Fsp3) is 0.333. The van der Waals surface area contributed by atoms with Crippen LogP contribution in [-0.4, -0.2) is 30.6 Å². The lowest BCUT2D eigenvalue weighted by Crippen LogP contribution is -2.15. The van der Waals surface area contributed by atoms with Crippen molar-refractivity contribution in [2.45, 2.75) is 19.1 Å². The van der Waals surface area contributed by atoms with Gasteiger partial charge in [-0.2, -0.15) is 0 Å². The first-order valence-corrected chi connectivity index (χ1v) is 7.34. The molecule has 0 saturated carbocycles. The highest BCUT2D eigenvalue weighted by atomic mass is 19.1. The molecular formula is C18H22FNO2. The first kappa shape index (κ1) is 16.5. The summed E-state index contributed by atoms with van der Waals surface area (Å²) < 4.78 is 18.6. The molecule has 2 aromatic rings. The molecule has 1 atom stereocenters. The summed E-state index contributed by atoms with van der Waals surface area (Å²) in [7, 11) is 3.96. The molecule has 0 aliphatic carbocycles. The van der Waals surface area contributed by atoms with Crippen LogP contribution in [-0.2, 0) is 6.61 Å². The number of benzene rings is 2. The van der Waals surface area contributed by atoms with Gasteiger partial charge >= 0.3 is 0 Å². The van der Waals surface area contributed by atoms with Crippen molar-refractivity contribution < 1.29 is 14.2 Å². The molecular weight excluding hydrogens is 281 g/mol. The molecule has 0 fully saturated rings. The lowest BCUT2D eigenvalue weighted by Gasteiger charge is -2.15. The van der Waals surface area contributed by atoms with Gasteiger partial charge in [-0.15, -0.1) is 0 Å². The van der Waals surface area contributed by atoms with Crippen LogP contribution in [0.4, 0.5) is 4.39 Å². The summed E-state index contributed by atoms with van der Waals surface area (Å²) >= 11 is 0. The van der Waals surface area contributed by atoms with Crippen LogP contribution >= 0.6 is 0 Å². The Bertz CT molecular complexity index is 584. The molecule has 0 radical (unpaired) electrons. The third-order valence-corrected chi connectivity index (χ3v) is 3.41. The van der Waals surface area contributed by atoms with Crippen molar-refractivity contribution in [3.8, 4) is 5.75 Å². The van der Waals surface area contributed by atoms with E-state index in [0.29, 0.717) is 18.8 Å². The number of nitrogens with zero attached hydrogens (tertiary/aromatic N) is 1. The molecule has 0 heterocycles. The van der Waals surface area contributed by atoms with E-state index in [4.69, 9.17) is 4.74 Å². The van der Waals surface area contributed by atoms with Crippen molar-refractivity contribution in [3.63, 3.8) is 0 Å². The first-order valence-electron chi connectivity index (χ1n) is 7.34. The minimum atomic E-state index is -0.503. The largest absolute Gasteiger partial charge is 0.489 e. The molecule has 0 bridgehead atoms. The average molecular weight is 303 g/mol. The van der Waals surface area contributed by atoms with Gasteiger partial charge in [0.2, 0.25) is 0 Å². The molecule has 2 rings (SSSR count). The van der Waals surface area contributed by atoms with Crippen LogP contribution in [0.5, 0.6) is 5.75 Å². The highest BCUT2D eigenvalue weighted by molar-refractivity contribution is 5.30. The van der Waals surface area contributed by atoms with Crippen LogP contribution < -0.4 is 4.74 Å². The monoisotopic (exact) mass is 303 g/mol. The molecule has 0 spiro atoms. The van der Waals surface area contributed by atoms with Crippen molar-refractivity contribution in [2.24, 2.45) is 0 Å². The van der Waals surface area contributed by atoms with Crippen molar-refractivity contribution in [3.05, 3.63) is 65.5 Å². The van der Waals surface area contributed by atoms with E-state index in [-0.39, 0.29) is 5.82 Å². The number of hydrogen-bond acceptors (Lipinski definition) is 3. The second-order valence-electron chi connectivity index (χ2n) is 5.60. The number of aliphatic hydroxyl groups excluding tert-OH is 1. The summed E-state index contributed by atoms with van der Waals surface area (Å²) in [5, 5.41) is 10.2. The van der Waals surface area contributed by atoms with E-state index in [1.165, 1.54) is 12.1 Å². The second-order valence-corrected chi connectivity index (χ2v) is 5.60. The molecule has 0 saturated heterocycles. The Morgan fingerprint density at radius 3 is 2.55 bits per heavy atom. The van der Waals surface area contributed by atoms with Crippen molar-refractivity contribution in [1.29, 1.82) is 0 Å². The van der Waals surface area contributed by atoms with Crippen molar-refractivity contribution in [2.75, 3.05) is 20.6 Å². The molecule has 0 aliphatic rings. The Morgan fingerprint density at radius 2 is 1.86 bits per heavy atom. The smallest absolute Gasteiger partial charge is 0.123 e. The number of halogens is 1. The molecule has 3 nitrogen and oxygen atoms in total. The zero-order valence-corrected chi connectivity index (χ0v) is 13.0. The second kappa shape index (κ2) is 7.92. The molecule has 0 aromatic heterocycles. The lowest BCUT2D eigenvalue weighted by molar-refractivity contribution is 0.153. The van der Waals surface area contributed by atoms with Gasteiger partial charge < -0.3 is 14.7 Å². The topological polar surface area (TPSA) is 32.7 Å². The Hall–Kier alpha value is -1.91. The molecule has 2 aromatic carbocycles. The fourth-order valence-corrected chi connectivity index (χ4v) is 2.11. The maximum atomic E-state index is 12.8. The summed E-state index contributed by atoms with van der Waals surface area (Å²) in [5.41, 5.74) is 1.75. The molecule has 0 aliphatic heterocycles. The molecule has 118 valence electrons. The summed E-state index contributed by atoms with van der Waals surface area (Å²) in [4.78, 5) is 2.04. The molecule has 4 heteroatoms. The minimum Gasteiger partial charge on any atom is -0.489 e. The molecule has 1 N–H and O–H groups in total. The van der Waals surface area contributed by atoms with Gasteiger partial charge in [-0.3, -0.25) is 0 Å². The quantitative estimate of drug-likeness (QED) is 0.851. The average Bonchev–Trinajstić information content (AvgIpc) is 2.52. The van der Waals surface area contributed by atoms with Gasteiger partial charge in [-0.05, 0) is 55.9 Å². The van der Waals surface area contributed by atoms with Crippen LogP contribution in [0, 0.1) is 5.82 Å². The van der Waals surface area contributed by atoms with Gasteiger partial charge in [-0.25, -0.2) is 4.39 Å². The van der Waals surface area contributed by atoms with E-state index < -0.39 is 6.10 Å². The summed E-state index contributed by atoms with van der Waals surface area (Å²) in [6.07, 6.45) is 0.172. The van der Waals surface area contributed by atoms with Crippen molar-refractivity contribution in [1.82, 2.24) is 4.90 Å². The zero-order chi connectivity index (χ0) is 15.9. The summed E-state index contributed by atoms with van der Waals surface area (Å²) in [5.74, 6) is 0.445. The highest BCUT2D eigenvalue weighted by Gasteiger charge is 2.09. The maximum absolute atomic E-state index is 12.8. The van der Waals surface area contributed by atoms with Crippen LogP contribution in [0.15, 0.2) is 48.5 Å². The lowest BCUT2D eigenvalue weighted by atomic mass is 10.1. The fourth-order valence-electron chi connectivity index (χ4n) is 2.11. The van der Waals surface area contributed by atoms with Gasteiger partial charge in [-0.1, -0.05) is 24.3 Å². The van der Waals surface area contributed by atoms with Gasteiger partial charge in [0, 0.05) is 6.54 Å². The maximum Gasteiger partial charge on any atom is 0.123 e. The predicted octanol–water partition coefficient (Wildman–Crippen LogP) is 3.39.